The van der Waals surface area contributed by atoms with Gasteiger partial charge in [0.1, 0.15) is 5.54 Å². The van der Waals surface area contributed by atoms with Crippen molar-refractivity contribution < 1.29 is 22.7 Å². The molecule has 0 amide bonds. The third kappa shape index (κ3) is 8.05. The summed E-state index contributed by atoms with van der Waals surface area (Å²) in [5.74, 6) is -0.520. The molecule has 4 nitrogen and oxygen atoms in total. The maximum atomic E-state index is 12.2. The van der Waals surface area contributed by atoms with Crippen LogP contribution < -0.4 is 5.73 Å². The summed E-state index contributed by atoms with van der Waals surface area (Å²) < 4.78 is 41.5. The van der Waals surface area contributed by atoms with E-state index in [2.05, 4.69) is 0 Å². The summed E-state index contributed by atoms with van der Waals surface area (Å²) >= 11 is 0. The lowest BCUT2D eigenvalue weighted by Gasteiger charge is -2.25. The molecule has 0 heterocycles. The van der Waals surface area contributed by atoms with Gasteiger partial charge >= 0.3 is 12.1 Å². The average molecular weight is 284 g/mol. The molecule has 0 saturated heterocycles. The largest absolute Gasteiger partial charge is 0.465 e. The zero-order valence-corrected chi connectivity index (χ0v) is 11.7. The van der Waals surface area contributed by atoms with Crippen LogP contribution in [0.5, 0.6) is 0 Å². The molecule has 2 N–H and O–H groups in total. The molecular formula is C12H23F3N2O2. The van der Waals surface area contributed by atoms with Crippen LogP contribution in [0.1, 0.15) is 33.6 Å². The monoisotopic (exact) mass is 284 g/mol. The van der Waals surface area contributed by atoms with Crippen LogP contribution in [0, 0.1) is 0 Å². The van der Waals surface area contributed by atoms with Crippen molar-refractivity contribution in [2.75, 3.05) is 26.2 Å². The van der Waals surface area contributed by atoms with Crippen molar-refractivity contribution in [2.45, 2.75) is 45.3 Å². The van der Waals surface area contributed by atoms with Crippen molar-refractivity contribution in [3.05, 3.63) is 0 Å². The smallest absolute Gasteiger partial charge is 0.401 e. The molecule has 1 atom stereocenters. The summed E-state index contributed by atoms with van der Waals surface area (Å²) in [4.78, 5) is 12.8. The summed E-state index contributed by atoms with van der Waals surface area (Å²) in [6, 6.07) is 0. The molecule has 0 aromatic rings. The third-order valence-electron chi connectivity index (χ3n) is 2.76. The van der Waals surface area contributed by atoms with Gasteiger partial charge in [-0.1, -0.05) is 6.92 Å². The summed E-state index contributed by atoms with van der Waals surface area (Å²) in [6.07, 6.45) is -3.50. The van der Waals surface area contributed by atoms with Crippen molar-refractivity contribution in [1.82, 2.24) is 4.90 Å². The molecule has 0 aliphatic carbocycles. The molecule has 0 saturated carbocycles. The lowest BCUT2D eigenvalue weighted by molar-refractivity contribution is -0.150. The summed E-state index contributed by atoms with van der Waals surface area (Å²) in [5.41, 5.74) is 4.64. The van der Waals surface area contributed by atoms with Crippen LogP contribution in [0.2, 0.25) is 0 Å². The van der Waals surface area contributed by atoms with Crippen molar-refractivity contribution in [2.24, 2.45) is 5.73 Å². The van der Waals surface area contributed by atoms with Crippen LogP contribution in [0.4, 0.5) is 13.2 Å². The predicted octanol–water partition coefficient (Wildman–Crippen LogP) is 1.93. The van der Waals surface area contributed by atoms with E-state index in [1.54, 1.807) is 13.8 Å². The van der Waals surface area contributed by atoms with Crippen molar-refractivity contribution in [3.8, 4) is 0 Å². The molecule has 0 aliphatic heterocycles. The first-order chi connectivity index (χ1) is 8.62. The molecule has 0 spiro atoms. The first kappa shape index (κ1) is 18.2. The molecule has 0 aromatic carbocycles. The Kier molecular flexibility index (Phi) is 7.36. The standard InChI is InChI=1S/C12H23F3N2O2/c1-4-17(9-12(13,14)15)8-6-7-11(3,16)10(18)19-5-2/h4-9,16H2,1-3H3. The van der Waals surface area contributed by atoms with Gasteiger partial charge in [-0.25, -0.2) is 0 Å². The summed E-state index contributed by atoms with van der Waals surface area (Å²) in [7, 11) is 0. The van der Waals surface area contributed by atoms with Crippen LogP contribution in [0.15, 0.2) is 0 Å². The second kappa shape index (κ2) is 7.69. The number of carbonyl (C=O) groups is 1. The fraction of sp³-hybridized carbons (Fsp3) is 0.917. The molecule has 0 aliphatic rings. The Morgan fingerprint density at radius 1 is 1.32 bits per heavy atom. The minimum absolute atomic E-state index is 0.237. The molecule has 0 aromatic heterocycles. The van der Waals surface area contributed by atoms with Gasteiger partial charge in [-0.2, -0.15) is 13.2 Å². The highest BCUT2D eigenvalue weighted by Crippen LogP contribution is 2.17. The Hall–Kier alpha value is -0.820. The number of esters is 1. The Labute approximate surface area is 112 Å². The van der Waals surface area contributed by atoms with Gasteiger partial charge in [0.25, 0.3) is 0 Å². The van der Waals surface area contributed by atoms with E-state index in [-0.39, 0.29) is 13.2 Å². The Balaban J connectivity index is 4.15. The van der Waals surface area contributed by atoms with Gasteiger partial charge in [0.05, 0.1) is 13.2 Å². The van der Waals surface area contributed by atoms with Crippen LogP contribution in [0.25, 0.3) is 0 Å². The number of carbonyl (C=O) groups excluding carboxylic acids is 1. The first-order valence-electron chi connectivity index (χ1n) is 6.37. The van der Waals surface area contributed by atoms with E-state index in [0.717, 1.165) is 0 Å². The second-order valence-corrected chi connectivity index (χ2v) is 4.73. The van der Waals surface area contributed by atoms with Gasteiger partial charge in [-0.3, -0.25) is 9.69 Å². The van der Waals surface area contributed by atoms with Crippen LogP contribution in [-0.4, -0.2) is 48.8 Å². The quantitative estimate of drug-likeness (QED) is 0.692. The molecule has 0 fully saturated rings. The second-order valence-electron chi connectivity index (χ2n) is 4.73. The zero-order valence-electron chi connectivity index (χ0n) is 11.7. The molecule has 0 radical (unpaired) electrons. The number of hydrogen-bond acceptors (Lipinski definition) is 4. The maximum absolute atomic E-state index is 12.2. The number of nitrogens with zero attached hydrogens (tertiary/aromatic N) is 1. The number of hydrogen-bond donors (Lipinski definition) is 1. The zero-order chi connectivity index (χ0) is 15.1. The Bertz CT molecular complexity index is 281. The van der Waals surface area contributed by atoms with E-state index >= 15 is 0 Å². The fourth-order valence-corrected chi connectivity index (χ4v) is 1.67. The molecule has 1 unspecified atom stereocenters. The SMILES string of the molecule is CCOC(=O)C(C)(N)CCCN(CC)CC(F)(F)F. The highest BCUT2D eigenvalue weighted by atomic mass is 19.4. The number of alkyl halides is 3. The molecular weight excluding hydrogens is 261 g/mol. The Morgan fingerprint density at radius 2 is 1.89 bits per heavy atom. The average Bonchev–Trinajstić information content (AvgIpc) is 2.26. The number of halogens is 3. The van der Waals surface area contributed by atoms with Crippen molar-refractivity contribution in [3.63, 3.8) is 0 Å². The van der Waals surface area contributed by atoms with Crippen LogP contribution in [0.3, 0.4) is 0 Å². The van der Waals surface area contributed by atoms with E-state index in [1.807, 2.05) is 0 Å². The predicted molar refractivity (Wildman–Crippen MR) is 66.6 cm³/mol. The topological polar surface area (TPSA) is 55.6 Å². The van der Waals surface area contributed by atoms with E-state index < -0.39 is 24.2 Å². The third-order valence-corrected chi connectivity index (χ3v) is 2.76. The van der Waals surface area contributed by atoms with Gasteiger partial charge < -0.3 is 10.5 Å². The molecule has 114 valence electrons. The summed E-state index contributed by atoms with van der Waals surface area (Å²) in [6.45, 7) is 4.73. The number of ether oxygens (including phenoxy) is 1. The highest BCUT2D eigenvalue weighted by Gasteiger charge is 2.32. The van der Waals surface area contributed by atoms with Gasteiger partial charge in [0.15, 0.2) is 0 Å². The Morgan fingerprint density at radius 3 is 2.32 bits per heavy atom. The van der Waals surface area contributed by atoms with Crippen LogP contribution in [-0.2, 0) is 9.53 Å². The lowest BCUT2D eigenvalue weighted by Crippen LogP contribution is -2.46. The molecule has 0 rings (SSSR count). The number of rotatable bonds is 8. The van der Waals surface area contributed by atoms with Crippen molar-refractivity contribution >= 4 is 5.97 Å². The minimum Gasteiger partial charge on any atom is -0.465 e. The van der Waals surface area contributed by atoms with Gasteiger partial charge in [-0.05, 0) is 39.8 Å². The summed E-state index contributed by atoms with van der Waals surface area (Å²) in [5, 5.41) is 0. The van der Waals surface area contributed by atoms with E-state index in [1.165, 1.54) is 11.8 Å². The molecule has 7 heteroatoms. The van der Waals surface area contributed by atoms with Gasteiger partial charge in [0, 0.05) is 0 Å². The van der Waals surface area contributed by atoms with E-state index in [9.17, 15) is 18.0 Å². The van der Waals surface area contributed by atoms with Gasteiger partial charge in [0.2, 0.25) is 0 Å². The van der Waals surface area contributed by atoms with Crippen molar-refractivity contribution in [1.29, 1.82) is 0 Å². The van der Waals surface area contributed by atoms with E-state index in [0.29, 0.717) is 19.4 Å². The number of nitrogens with two attached hydrogens (primary N) is 1. The van der Waals surface area contributed by atoms with Gasteiger partial charge in [-0.15, -0.1) is 0 Å². The maximum Gasteiger partial charge on any atom is 0.401 e. The lowest BCUT2D eigenvalue weighted by atomic mass is 9.97. The first-order valence-corrected chi connectivity index (χ1v) is 6.37. The minimum atomic E-state index is -4.21. The normalized spacial score (nSPS) is 15.4. The van der Waals surface area contributed by atoms with Crippen LogP contribution >= 0.6 is 0 Å². The molecule has 19 heavy (non-hydrogen) atoms. The fourth-order valence-electron chi connectivity index (χ4n) is 1.67. The highest BCUT2D eigenvalue weighted by molar-refractivity contribution is 5.79. The molecule has 0 bridgehead atoms. The van der Waals surface area contributed by atoms with E-state index in [4.69, 9.17) is 10.5 Å².